The molecule has 0 atom stereocenters. The maximum atomic E-state index is 3.47. The van der Waals surface area contributed by atoms with Gasteiger partial charge in [-0.15, -0.1) is 0 Å². The largest absolute Gasteiger partial charge is 0.316 e. The monoisotopic (exact) mass is 220 g/mol. The first-order valence-corrected chi connectivity index (χ1v) is 6.27. The molecule has 1 aromatic carbocycles. The molecular weight excluding hydrogens is 196 g/mol. The summed E-state index contributed by atoms with van der Waals surface area (Å²) in [4.78, 5) is 0. The Morgan fingerprint density at radius 1 is 1.00 bits per heavy atom. The summed E-state index contributed by atoms with van der Waals surface area (Å²) in [7, 11) is 0. The third-order valence-corrected chi connectivity index (χ3v) is 2.52. The van der Waals surface area contributed by atoms with Crippen LogP contribution in [0.5, 0.6) is 0 Å². The quantitative estimate of drug-likeness (QED) is 0.656. The molecule has 2 heteroatoms. The lowest BCUT2D eigenvalue weighted by Gasteiger charge is -2.08. The van der Waals surface area contributed by atoms with E-state index in [1.807, 2.05) is 0 Å². The fraction of sp³-hybridized carbons (Fsp3) is 0.571. The van der Waals surface area contributed by atoms with Gasteiger partial charge in [0.05, 0.1) is 0 Å². The van der Waals surface area contributed by atoms with Gasteiger partial charge in [-0.05, 0) is 38.0 Å². The molecule has 0 amide bonds. The summed E-state index contributed by atoms with van der Waals surface area (Å²) in [5, 5.41) is 6.88. The zero-order chi connectivity index (χ0) is 11.6. The highest BCUT2D eigenvalue weighted by atomic mass is 14.9. The van der Waals surface area contributed by atoms with Gasteiger partial charge in [-0.3, -0.25) is 0 Å². The Balaban J connectivity index is 1.93. The van der Waals surface area contributed by atoms with Crippen molar-refractivity contribution in [3.8, 4) is 0 Å². The summed E-state index contributed by atoms with van der Waals surface area (Å²) >= 11 is 0. The van der Waals surface area contributed by atoms with Crippen LogP contribution in [-0.4, -0.2) is 25.7 Å². The van der Waals surface area contributed by atoms with Crippen LogP contribution in [0.25, 0.3) is 0 Å². The summed E-state index contributed by atoms with van der Waals surface area (Å²) in [6, 6.07) is 11.2. The predicted molar refractivity (Wildman–Crippen MR) is 70.8 cm³/mol. The van der Waals surface area contributed by atoms with Crippen LogP contribution in [0.2, 0.25) is 0 Å². The molecule has 0 aromatic heterocycles. The summed E-state index contributed by atoms with van der Waals surface area (Å²) < 4.78 is 0. The number of hydrogen-bond donors (Lipinski definition) is 2. The summed E-state index contributed by atoms with van der Waals surface area (Å²) in [5.41, 5.74) is 1.41. The van der Waals surface area contributed by atoms with Crippen LogP contribution in [0.4, 0.5) is 0 Å². The van der Waals surface area contributed by atoms with Crippen molar-refractivity contribution in [1.82, 2.24) is 10.6 Å². The minimum Gasteiger partial charge on any atom is -0.316 e. The molecule has 0 aliphatic heterocycles. The first-order valence-electron chi connectivity index (χ1n) is 6.27. The van der Waals surface area contributed by atoms with E-state index in [4.69, 9.17) is 0 Å². The number of nitrogens with one attached hydrogen (secondary N) is 2. The second-order valence-electron chi connectivity index (χ2n) is 4.45. The minimum absolute atomic E-state index is 0.601. The van der Waals surface area contributed by atoms with Gasteiger partial charge in [0.2, 0.25) is 0 Å². The Bertz CT molecular complexity index is 257. The first kappa shape index (κ1) is 13.2. The van der Waals surface area contributed by atoms with Gasteiger partial charge in [-0.2, -0.15) is 0 Å². The highest BCUT2D eigenvalue weighted by Crippen LogP contribution is 1.97. The second-order valence-corrected chi connectivity index (χ2v) is 4.45. The topological polar surface area (TPSA) is 24.1 Å². The van der Waals surface area contributed by atoms with E-state index in [9.17, 15) is 0 Å². The van der Waals surface area contributed by atoms with Crippen molar-refractivity contribution in [2.75, 3.05) is 19.6 Å². The second kappa shape index (κ2) is 8.31. The van der Waals surface area contributed by atoms with Crippen LogP contribution in [0.3, 0.4) is 0 Å². The lowest BCUT2D eigenvalue weighted by molar-refractivity contribution is 0.548. The normalized spacial score (nSPS) is 10.9. The van der Waals surface area contributed by atoms with E-state index in [1.54, 1.807) is 0 Å². The molecule has 0 fully saturated rings. The molecule has 2 N–H and O–H groups in total. The average molecular weight is 220 g/mol. The molecule has 0 saturated heterocycles. The molecule has 16 heavy (non-hydrogen) atoms. The van der Waals surface area contributed by atoms with Crippen LogP contribution in [0, 0.1) is 0 Å². The van der Waals surface area contributed by atoms with Crippen LogP contribution in [0.15, 0.2) is 30.3 Å². The van der Waals surface area contributed by atoms with Gasteiger partial charge in [0, 0.05) is 6.04 Å². The zero-order valence-electron chi connectivity index (χ0n) is 10.5. The number of benzene rings is 1. The van der Waals surface area contributed by atoms with E-state index in [2.05, 4.69) is 54.8 Å². The molecule has 0 unspecified atom stereocenters. The summed E-state index contributed by atoms with van der Waals surface area (Å²) in [6.45, 7) is 7.65. The van der Waals surface area contributed by atoms with E-state index in [0.29, 0.717) is 6.04 Å². The first-order chi connectivity index (χ1) is 7.79. The van der Waals surface area contributed by atoms with Crippen LogP contribution in [-0.2, 0) is 6.42 Å². The van der Waals surface area contributed by atoms with Gasteiger partial charge in [-0.25, -0.2) is 0 Å². The van der Waals surface area contributed by atoms with Crippen molar-refractivity contribution < 1.29 is 0 Å². The molecule has 0 saturated carbocycles. The molecule has 90 valence electrons. The highest BCUT2D eigenvalue weighted by molar-refractivity contribution is 5.14. The third kappa shape index (κ3) is 6.59. The molecule has 0 heterocycles. The van der Waals surface area contributed by atoms with Gasteiger partial charge < -0.3 is 10.6 Å². The van der Waals surface area contributed by atoms with E-state index >= 15 is 0 Å². The van der Waals surface area contributed by atoms with Crippen LogP contribution in [0.1, 0.15) is 25.8 Å². The third-order valence-electron chi connectivity index (χ3n) is 2.52. The highest BCUT2D eigenvalue weighted by Gasteiger charge is 1.93. The standard InChI is InChI=1S/C14H24N2/c1-13(2)16-11-6-10-15-12-9-14-7-4-3-5-8-14/h3-5,7-8,13,15-16H,6,9-12H2,1-2H3. The molecule has 0 radical (unpaired) electrons. The van der Waals surface area contributed by atoms with Crippen molar-refractivity contribution in [1.29, 1.82) is 0 Å². The van der Waals surface area contributed by atoms with Crippen molar-refractivity contribution in [3.63, 3.8) is 0 Å². The Morgan fingerprint density at radius 3 is 2.44 bits per heavy atom. The van der Waals surface area contributed by atoms with E-state index in [0.717, 1.165) is 26.1 Å². The minimum atomic E-state index is 0.601. The van der Waals surface area contributed by atoms with Crippen molar-refractivity contribution in [2.45, 2.75) is 32.7 Å². The lowest BCUT2D eigenvalue weighted by Crippen LogP contribution is -2.27. The maximum Gasteiger partial charge on any atom is 0.00103 e. The predicted octanol–water partition coefficient (Wildman–Crippen LogP) is 2.21. The molecule has 0 aliphatic rings. The van der Waals surface area contributed by atoms with Gasteiger partial charge >= 0.3 is 0 Å². The Morgan fingerprint density at radius 2 is 1.75 bits per heavy atom. The number of hydrogen-bond acceptors (Lipinski definition) is 2. The lowest BCUT2D eigenvalue weighted by atomic mass is 10.1. The molecule has 2 nitrogen and oxygen atoms in total. The van der Waals surface area contributed by atoms with E-state index in [1.165, 1.54) is 12.0 Å². The SMILES string of the molecule is CC(C)NCCCNCCc1ccccc1. The van der Waals surface area contributed by atoms with Crippen LogP contribution >= 0.6 is 0 Å². The van der Waals surface area contributed by atoms with Gasteiger partial charge in [0.15, 0.2) is 0 Å². The fourth-order valence-electron chi connectivity index (χ4n) is 1.61. The van der Waals surface area contributed by atoms with E-state index in [-0.39, 0.29) is 0 Å². The summed E-state index contributed by atoms with van der Waals surface area (Å²) in [6.07, 6.45) is 2.32. The Labute approximate surface area is 99.5 Å². The molecule has 0 aliphatic carbocycles. The maximum absolute atomic E-state index is 3.47. The average Bonchev–Trinajstić information content (AvgIpc) is 2.29. The summed E-state index contributed by atoms with van der Waals surface area (Å²) in [5.74, 6) is 0. The molecule has 0 spiro atoms. The van der Waals surface area contributed by atoms with Crippen LogP contribution < -0.4 is 10.6 Å². The van der Waals surface area contributed by atoms with Crippen molar-refractivity contribution in [3.05, 3.63) is 35.9 Å². The molecule has 1 aromatic rings. The Kier molecular flexibility index (Phi) is 6.86. The number of rotatable bonds is 8. The molecular formula is C14H24N2. The zero-order valence-corrected chi connectivity index (χ0v) is 10.5. The molecule has 0 bridgehead atoms. The fourth-order valence-corrected chi connectivity index (χ4v) is 1.61. The molecule has 1 rings (SSSR count). The van der Waals surface area contributed by atoms with E-state index < -0.39 is 0 Å². The van der Waals surface area contributed by atoms with Gasteiger partial charge in [-0.1, -0.05) is 44.2 Å². The van der Waals surface area contributed by atoms with Crippen molar-refractivity contribution >= 4 is 0 Å². The smallest absolute Gasteiger partial charge is 0.00103 e. The van der Waals surface area contributed by atoms with Crippen molar-refractivity contribution in [2.24, 2.45) is 0 Å². The van der Waals surface area contributed by atoms with Gasteiger partial charge in [0.25, 0.3) is 0 Å². The Hall–Kier alpha value is -0.860. The van der Waals surface area contributed by atoms with Gasteiger partial charge in [0.1, 0.15) is 0 Å².